The Labute approximate surface area is 157 Å². The maximum atomic E-state index is 12.5. The molecule has 1 heterocycles. The number of hydrogen-bond acceptors (Lipinski definition) is 2. The van der Waals surface area contributed by atoms with E-state index in [1.165, 1.54) is 5.56 Å². The molecule has 1 aromatic carbocycles. The molecule has 1 aromatic rings. The highest BCUT2D eigenvalue weighted by molar-refractivity contribution is 5.95. The number of para-hydroxylation sites is 1. The van der Waals surface area contributed by atoms with Crippen LogP contribution < -0.4 is 10.2 Å². The van der Waals surface area contributed by atoms with E-state index >= 15 is 0 Å². The molecule has 0 unspecified atom stereocenters. The minimum absolute atomic E-state index is 0.203. The topological polar surface area (TPSA) is 47.9 Å². The minimum Gasteiger partial charge on any atom is -0.357 e. The molecule has 0 spiro atoms. The summed E-state index contributed by atoms with van der Waals surface area (Å²) in [5.41, 5.74) is 2.35. The van der Waals surface area contributed by atoms with Gasteiger partial charge >= 0.3 is 0 Å². The zero-order valence-electron chi connectivity index (χ0n) is 16.2. The van der Waals surface area contributed by atoms with Crippen molar-refractivity contribution in [1.29, 1.82) is 0 Å². The lowest BCUT2D eigenvalue weighted by molar-refractivity contribution is -0.118. The molecule has 0 fully saturated rings. The lowest BCUT2D eigenvalue weighted by atomic mass is 10.2. The highest BCUT2D eigenvalue weighted by atomic mass is 16.2. The van der Waals surface area contributed by atoms with E-state index in [1.807, 2.05) is 29.2 Å². The monoisotopic (exact) mass is 356 g/mol. The van der Waals surface area contributed by atoms with Crippen LogP contribution in [0.1, 0.15) is 38.2 Å². The molecule has 0 aromatic heterocycles. The van der Waals surface area contributed by atoms with Crippen LogP contribution in [0.15, 0.2) is 41.9 Å². The number of rotatable bonds is 9. The zero-order chi connectivity index (χ0) is 18.8. The number of nitrogens with one attached hydrogen (secondary N) is 1. The molecule has 1 aliphatic rings. The van der Waals surface area contributed by atoms with E-state index in [9.17, 15) is 4.79 Å². The number of carbonyl (C=O) groups is 1. The molecule has 1 N–H and O–H groups in total. The number of fused-ring (bicyclic) bond motifs is 1. The summed E-state index contributed by atoms with van der Waals surface area (Å²) in [7, 11) is 2.05. The van der Waals surface area contributed by atoms with Crippen molar-refractivity contribution in [3.63, 3.8) is 0 Å². The molecule has 0 radical (unpaired) electrons. The second-order valence-corrected chi connectivity index (χ2v) is 6.62. The summed E-state index contributed by atoms with van der Waals surface area (Å²) in [5.74, 6) is 1.12. The first kappa shape index (κ1) is 20.0. The summed E-state index contributed by atoms with van der Waals surface area (Å²) in [6.07, 6.45) is 6.29. The fourth-order valence-corrected chi connectivity index (χ4v) is 3.20. The van der Waals surface area contributed by atoms with Gasteiger partial charge in [0.1, 0.15) is 0 Å². The molecule has 26 heavy (non-hydrogen) atoms. The number of amides is 1. The van der Waals surface area contributed by atoms with Gasteiger partial charge in [-0.25, -0.2) is 0 Å². The van der Waals surface area contributed by atoms with Gasteiger partial charge in [-0.05, 0) is 44.2 Å². The maximum Gasteiger partial charge on any atom is 0.227 e. The number of allylic oxidation sites excluding steroid dienone is 1. The van der Waals surface area contributed by atoms with Crippen LogP contribution in [0.2, 0.25) is 0 Å². The van der Waals surface area contributed by atoms with Crippen LogP contribution in [0.4, 0.5) is 5.69 Å². The van der Waals surface area contributed by atoms with Gasteiger partial charge < -0.3 is 15.1 Å². The average Bonchev–Trinajstić information content (AvgIpc) is 3.08. The SMILES string of the molecule is C=CCCCN(C)C(=NCCCC(=O)N1CCc2ccccc21)NCC. The first-order valence-electron chi connectivity index (χ1n) is 9.66. The van der Waals surface area contributed by atoms with Crippen molar-refractivity contribution in [2.45, 2.75) is 39.0 Å². The highest BCUT2D eigenvalue weighted by Crippen LogP contribution is 2.27. The Morgan fingerprint density at radius 1 is 1.38 bits per heavy atom. The van der Waals surface area contributed by atoms with E-state index in [2.05, 4.69) is 41.8 Å². The lowest BCUT2D eigenvalue weighted by Gasteiger charge is -2.22. The minimum atomic E-state index is 0.203. The molecule has 1 aliphatic heterocycles. The normalized spacial score (nSPS) is 13.5. The molecular weight excluding hydrogens is 324 g/mol. The fourth-order valence-electron chi connectivity index (χ4n) is 3.20. The van der Waals surface area contributed by atoms with Crippen molar-refractivity contribution >= 4 is 17.6 Å². The predicted molar refractivity (Wildman–Crippen MR) is 110 cm³/mol. The van der Waals surface area contributed by atoms with E-state index in [4.69, 9.17) is 0 Å². The van der Waals surface area contributed by atoms with Crippen molar-refractivity contribution in [3.8, 4) is 0 Å². The number of carbonyl (C=O) groups excluding carboxylic acids is 1. The van der Waals surface area contributed by atoms with Gasteiger partial charge in [0.25, 0.3) is 0 Å². The molecule has 2 rings (SSSR count). The van der Waals surface area contributed by atoms with Gasteiger partial charge in [-0.1, -0.05) is 24.3 Å². The molecule has 5 nitrogen and oxygen atoms in total. The summed E-state index contributed by atoms with van der Waals surface area (Å²) in [4.78, 5) is 21.3. The van der Waals surface area contributed by atoms with Crippen LogP contribution in [0.5, 0.6) is 0 Å². The first-order valence-corrected chi connectivity index (χ1v) is 9.66. The molecule has 0 saturated carbocycles. The second-order valence-electron chi connectivity index (χ2n) is 6.62. The van der Waals surface area contributed by atoms with Gasteiger partial charge in [-0.3, -0.25) is 9.79 Å². The summed E-state index contributed by atoms with van der Waals surface area (Å²) >= 11 is 0. The summed E-state index contributed by atoms with van der Waals surface area (Å²) < 4.78 is 0. The van der Waals surface area contributed by atoms with Gasteiger partial charge in [-0.15, -0.1) is 6.58 Å². The van der Waals surface area contributed by atoms with Gasteiger partial charge in [-0.2, -0.15) is 0 Å². The van der Waals surface area contributed by atoms with Crippen LogP contribution in [0, 0.1) is 0 Å². The van der Waals surface area contributed by atoms with Gasteiger partial charge in [0.2, 0.25) is 5.91 Å². The van der Waals surface area contributed by atoms with Crippen molar-refractivity contribution < 1.29 is 4.79 Å². The van der Waals surface area contributed by atoms with Crippen molar-refractivity contribution in [2.24, 2.45) is 4.99 Å². The van der Waals surface area contributed by atoms with Crippen LogP contribution >= 0.6 is 0 Å². The van der Waals surface area contributed by atoms with Crippen LogP contribution in [0.25, 0.3) is 0 Å². The molecule has 142 valence electrons. The number of unbranched alkanes of at least 4 members (excludes halogenated alkanes) is 1. The summed E-state index contributed by atoms with van der Waals surface area (Å²) in [6, 6.07) is 8.19. The standard InChI is InChI=1S/C21H32N4O/c1-4-6-9-16-24(3)21(22-5-2)23-15-10-13-20(26)25-17-14-18-11-7-8-12-19(18)25/h4,7-8,11-12H,1,5-6,9-10,13-17H2,2-3H3,(H,22,23). The number of guanidine groups is 1. The quantitative estimate of drug-likeness (QED) is 0.320. The number of aliphatic imine (C=N–C) groups is 1. The van der Waals surface area contributed by atoms with Crippen LogP contribution in [-0.4, -0.2) is 50.0 Å². The maximum absolute atomic E-state index is 12.5. The Bertz CT molecular complexity index is 626. The Morgan fingerprint density at radius 2 is 2.19 bits per heavy atom. The number of nitrogens with zero attached hydrogens (tertiary/aromatic N) is 3. The molecule has 0 aliphatic carbocycles. The largest absolute Gasteiger partial charge is 0.357 e. The summed E-state index contributed by atoms with van der Waals surface area (Å²) in [5, 5.41) is 3.32. The van der Waals surface area contributed by atoms with Gasteiger partial charge in [0.15, 0.2) is 5.96 Å². The Hall–Kier alpha value is -2.30. The smallest absolute Gasteiger partial charge is 0.227 e. The van der Waals surface area contributed by atoms with Crippen molar-refractivity contribution in [2.75, 3.05) is 38.1 Å². The Kier molecular flexibility index (Phi) is 8.19. The Morgan fingerprint density at radius 3 is 2.96 bits per heavy atom. The zero-order valence-corrected chi connectivity index (χ0v) is 16.2. The predicted octanol–water partition coefficient (Wildman–Crippen LogP) is 3.22. The average molecular weight is 357 g/mol. The molecule has 1 amide bonds. The Balaban J connectivity index is 1.80. The van der Waals surface area contributed by atoms with E-state index in [1.54, 1.807) is 0 Å². The summed E-state index contributed by atoms with van der Waals surface area (Å²) in [6.45, 7) is 9.08. The van der Waals surface area contributed by atoms with Crippen molar-refractivity contribution in [1.82, 2.24) is 10.2 Å². The van der Waals surface area contributed by atoms with E-state index in [0.717, 1.165) is 57.0 Å². The van der Waals surface area contributed by atoms with Crippen LogP contribution in [-0.2, 0) is 11.2 Å². The lowest BCUT2D eigenvalue weighted by Crippen LogP contribution is -2.39. The molecule has 5 heteroatoms. The fraction of sp³-hybridized carbons (Fsp3) is 0.524. The van der Waals surface area contributed by atoms with Crippen LogP contribution in [0.3, 0.4) is 0 Å². The number of anilines is 1. The third kappa shape index (κ3) is 5.61. The van der Waals surface area contributed by atoms with E-state index in [-0.39, 0.29) is 5.91 Å². The molecule has 0 saturated heterocycles. The molecule has 0 bridgehead atoms. The molecular formula is C21H32N4O. The van der Waals surface area contributed by atoms with E-state index in [0.29, 0.717) is 13.0 Å². The van der Waals surface area contributed by atoms with Crippen molar-refractivity contribution in [3.05, 3.63) is 42.5 Å². The molecule has 0 atom stereocenters. The number of hydrogen-bond donors (Lipinski definition) is 1. The number of benzene rings is 1. The highest BCUT2D eigenvalue weighted by Gasteiger charge is 2.23. The third-order valence-electron chi connectivity index (χ3n) is 4.60. The first-order chi connectivity index (χ1) is 12.7. The second kappa shape index (κ2) is 10.6. The third-order valence-corrected chi connectivity index (χ3v) is 4.60. The van der Waals surface area contributed by atoms with Gasteiger partial charge in [0.05, 0.1) is 0 Å². The van der Waals surface area contributed by atoms with Gasteiger partial charge in [0, 0.05) is 45.3 Å². The van der Waals surface area contributed by atoms with E-state index < -0.39 is 0 Å².